The molecule has 0 saturated heterocycles. The minimum Gasteiger partial charge on any atom is -0.351 e. The number of carbonyl (C=O) groups excluding carboxylic acids is 1. The summed E-state index contributed by atoms with van der Waals surface area (Å²) in [6.07, 6.45) is 2.74. The summed E-state index contributed by atoms with van der Waals surface area (Å²) >= 11 is 1.60. The lowest BCUT2D eigenvalue weighted by molar-refractivity contribution is 0.0945. The van der Waals surface area contributed by atoms with E-state index in [-0.39, 0.29) is 5.91 Å². The van der Waals surface area contributed by atoms with Crippen molar-refractivity contribution in [3.8, 4) is 6.07 Å². The number of thioether (sulfide) groups is 1. The van der Waals surface area contributed by atoms with Gasteiger partial charge in [0.15, 0.2) is 0 Å². The first-order chi connectivity index (χ1) is 8.29. The van der Waals surface area contributed by atoms with Crippen molar-refractivity contribution in [3.63, 3.8) is 0 Å². The molecule has 0 bridgehead atoms. The van der Waals surface area contributed by atoms with E-state index in [9.17, 15) is 4.79 Å². The van der Waals surface area contributed by atoms with Crippen LogP contribution in [0.5, 0.6) is 0 Å². The van der Waals surface area contributed by atoms with E-state index in [0.717, 1.165) is 10.6 Å². The maximum absolute atomic E-state index is 11.8. The molecule has 0 unspecified atom stereocenters. The molecule has 0 aromatic carbocycles. The Morgan fingerprint density at radius 1 is 1.65 bits per heavy atom. The summed E-state index contributed by atoms with van der Waals surface area (Å²) in [5.41, 5.74) is 0.469. The zero-order valence-electron chi connectivity index (χ0n) is 9.77. The van der Waals surface area contributed by atoms with Crippen molar-refractivity contribution >= 4 is 17.7 Å². The Balaban J connectivity index is 2.59. The molecule has 0 aliphatic rings. The van der Waals surface area contributed by atoms with Crippen LogP contribution in [0.2, 0.25) is 0 Å². The van der Waals surface area contributed by atoms with Crippen molar-refractivity contribution in [1.82, 2.24) is 10.3 Å². The summed E-state index contributed by atoms with van der Waals surface area (Å²) in [5, 5.41) is 11.2. The number of unbranched alkanes of at least 4 members (excludes halogenated alkanes) is 1. The van der Waals surface area contributed by atoms with Gasteiger partial charge in [-0.3, -0.25) is 4.79 Å². The number of nitrogens with one attached hydrogen (secondary N) is 1. The molecule has 0 aliphatic carbocycles. The average Bonchev–Trinajstić information content (AvgIpc) is 2.35. The molecule has 5 heteroatoms. The van der Waals surface area contributed by atoms with Gasteiger partial charge < -0.3 is 5.32 Å². The highest BCUT2D eigenvalue weighted by Gasteiger charge is 2.11. The van der Waals surface area contributed by atoms with Crippen molar-refractivity contribution in [2.24, 2.45) is 0 Å². The van der Waals surface area contributed by atoms with Crippen molar-refractivity contribution < 1.29 is 4.79 Å². The predicted molar refractivity (Wildman–Crippen MR) is 67.8 cm³/mol. The molecule has 0 fully saturated rings. The largest absolute Gasteiger partial charge is 0.351 e. The van der Waals surface area contributed by atoms with E-state index in [4.69, 9.17) is 5.26 Å². The van der Waals surface area contributed by atoms with Crippen LogP contribution in [0.15, 0.2) is 23.2 Å². The van der Waals surface area contributed by atoms with Gasteiger partial charge in [-0.2, -0.15) is 5.26 Å². The zero-order valence-corrected chi connectivity index (χ0v) is 10.6. The molecule has 0 spiro atoms. The first-order valence-corrected chi connectivity index (χ1v) is 6.51. The molecule has 0 atom stereocenters. The van der Waals surface area contributed by atoms with Crippen LogP contribution in [0.25, 0.3) is 0 Å². The molecule has 1 amide bonds. The number of amides is 1. The third kappa shape index (κ3) is 4.45. The van der Waals surface area contributed by atoms with Crippen LogP contribution in [-0.2, 0) is 0 Å². The average molecular weight is 249 g/mol. The molecule has 90 valence electrons. The van der Waals surface area contributed by atoms with Crippen molar-refractivity contribution in [2.45, 2.75) is 24.7 Å². The summed E-state index contributed by atoms with van der Waals surface area (Å²) in [6, 6.07) is 5.76. The molecule has 1 aromatic rings. The molecule has 0 saturated carbocycles. The maximum atomic E-state index is 11.8. The predicted octanol–water partition coefficient (Wildman–Crippen LogP) is 2.23. The Morgan fingerprint density at radius 3 is 3.18 bits per heavy atom. The fourth-order valence-electron chi connectivity index (χ4n) is 1.29. The number of pyridine rings is 1. The number of hydrogen-bond donors (Lipinski definition) is 1. The Hall–Kier alpha value is -1.54. The monoisotopic (exact) mass is 249 g/mol. The van der Waals surface area contributed by atoms with Crippen molar-refractivity contribution in [3.05, 3.63) is 24.0 Å². The minimum atomic E-state index is -0.167. The number of hydrogen-bond acceptors (Lipinski definition) is 4. The van der Waals surface area contributed by atoms with E-state index in [2.05, 4.69) is 10.3 Å². The van der Waals surface area contributed by atoms with Gasteiger partial charge in [0.25, 0.3) is 5.91 Å². The standard InChI is InChI=1S/C12H15N3OS/c1-2-17-10-6-5-9-14-11(10)12(16)15-8-4-3-7-13/h5-6,9H,2-4,8H2,1H3,(H,15,16). The molecule has 1 N–H and O–H groups in total. The molecule has 1 heterocycles. The van der Waals surface area contributed by atoms with Crippen molar-refractivity contribution in [1.29, 1.82) is 5.26 Å². The van der Waals surface area contributed by atoms with Gasteiger partial charge in [-0.1, -0.05) is 6.92 Å². The Bertz CT molecular complexity index is 414. The number of nitriles is 1. The molecule has 1 aromatic heterocycles. The number of carbonyl (C=O) groups is 1. The van der Waals surface area contributed by atoms with E-state index in [0.29, 0.717) is 25.1 Å². The summed E-state index contributed by atoms with van der Waals surface area (Å²) in [5.74, 6) is 0.736. The van der Waals surface area contributed by atoms with Crippen LogP contribution in [0.1, 0.15) is 30.3 Å². The SMILES string of the molecule is CCSc1cccnc1C(=O)NCCCC#N. The minimum absolute atomic E-state index is 0.167. The number of rotatable bonds is 6. The first kappa shape index (κ1) is 13.5. The van der Waals surface area contributed by atoms with Gasteiger partial charge in [0.05, 0.1) is 6.07 Å². The van der Waals surface area contributed by atoms with Gasteiger partial charge in [0.1, 0.15) is 5.69 Å². The highest BCUT2D eigenvalue weighted by molar-refractivity contribution is 7.99. The van der Waals surface area contributed by atoms with Crippen molar-refractivity contribution in [2.75, 3.05) is 12.3 Å². The summed E-state index contributed by atoms with van der Waals surface area (Å²) < 4.78 is 0. The second-order valence-corrected chi connectivity index (χ2v) is 4.61. The van der Waals surface area contributed by atoms with E-state index in [1.54, 1.807) is 18.0 Å². The lowest BCUT2D eigenvalue weighted by Crippen LogP contribution is -2.25. The highest BCUT2D eigenvalue weighted by atomic mass is 32.2. The van der Waals surface area contributed by atoms with Crippen LogP contribution < -0.4 is 5.32 Å². The molecular weight excluding hydrogens is 234 g/mol. The Kier molecular flexibility index (Phi) is 6.12. The maximum Gasteiger partial charge on any atom is 0.271 e. The molecule has 1 rings (SSSR count). The van der Waals surface area contributed by atoms with Gasteiger partial charge in [-0.05, 0) is 24.3 Å². The van der Waals surface area contributed by atoms with Crippen LogP contribution >= 0.6 is 11.8 Å². The molecule has 4 nitrogen and oxygen atoms in total. The van der Waals surface area contributed by atoms with E-state index in [1.165, 1.54) is 0 Å². The Morgan fingerprint density at radius 2 is 2.47 bits per heavy atom. The third-order valence-electron chi connectivity index (χ3n) is 2.04. The lowest BCUT2D eigenvalue weighted by atomic mass is 10.3. The molecule has 0 radical (unpaired) electrons. The number of nitrogens with zero attached hydrogens (tertiary/aromatic N) is 2. The molecular formula is C12H15N3OS. The van der Waals surface area contributed by atoms with Gasteiger partial charge in [-0.15, -0.1) is 11.8 Å². The van der Waals surface area contributed by atoms with Gasteiger partial charge in [0.2, 0.25) is 0 Å². The quantitative estimate of drug-likeness (QED) is 0.620. The first-order valence-electron chi connectivity index (χ1n) is 5.52. The fourth-order valence-corrected chi connectivity index (χ4v) is 2.05. The smallest absolute Gasteiger partial charge is 0.271 e. The van der Waals surface area contributed by atoms with Crippen LogP contribution in [0, 0.1) is 11.3 Å². The van der Waals surface area contributed by atoms with Gasteiger partial charge in [-0.25, -0.2) is 4.98 Å². The van der Waals surface area contributed by atoms with Crippen LogP contribution in [-0.4, -0.2) is 23.2 Å². The highest BCUT2D eigenvalue weighted by Crippen LogP contribution is 2.20. The third-order valence-corrected chi connectivity index (χ3v) is 2.97. The second kappa shape index (κ2) is 7.69. The fraction of sp³-hybridized carbons (Fsp3) is 0.417. The molecule has 17 heavy (non-hydrogen) atoms. The van der Waals surface area contributed by atoms with Crippen LogP contribution in [0.3, 0.4) is 0 Å². The normalized spacial score (nSPS) is 9.65. The van der Waals surface area contributed by atoms with Gasteiger partial charge >= 0.3 is 0 Å². The second-order valence-electron chi connectivity index (χ2n) is 3.30. The van der Waals surface area contributed by atoms with Gasteiger partial charge in [0, 0.05) is 24.1 Å². The topological polar surface area (TPSA) is 65.8 Å². The van der Waals surface area contributed by atoms with E-state index >= 15 is 0 Å². The Labute approximate surface area is 105 Å². The zero-order chi connectivity index (χ0) is 12.5. The summed E-state index contributed by atoms with van der Waals surface area (Å²) in [6.45, 7) is 2.55. The summed E-state index contributed by atoms with van der Waals surface area (Å²) in [7, 11) is 0. The summed E-state index contributed by atoms with van der Waals surface area (Å²) in [4.78, 5) is 16.8. The lowest BCUT2D eigenvalue weighted by Gasteiger charge is -2.07. The van der Waals surface area contributed by atoms with E-state index in [1.807, 2.05) is 25.1 Å². The number of aromatic nitrogens is 1. The van der Waals surface area contributed by atoms with E-state index < -0.39 is 0 Å². The van der Waals surface area contributed by atoms with Crippen LogP contribution in [0.4, 0.5) is 0 Å². The molecule has 0 aliphatic heterocycles.